The molecule has 0 radical (unpaired) electrons. The Morgan fingerprint density at radius 3 is 2.79 bits per heavy atom. The number of carboxylic acids is 1. The van der Waals surface area contributed by atoms with Gasteiger partial charge < -0.3 is 10.0 Å². The first-order chi connectivity index (χ1) is 6.50. The number of carboxylic acid groups (broad SMARTS) is 1. The van der Waals surface area contributed by atoms with Crippen molar-refractivity contribution in [2.24, 2.45) is 5.92 Å². The number of carbonyl (C=O) groups is 1. The van der Waals surface area contributed by atoms with Gasteiger partial charge in [-0.1, -0.05) is 13.8 Å². The Kier molecular flexibility index (Phi) is 3.46. The summed E-state index contributed by atoms with van der Waals surface area (Å²) >= 11 is 1.36. The molecule has 0 unspecified atom stereocenters. The molecule has 1 heterocycles. The first-order valence-electron chi connectivity index (χ1n) is 4.40. The van der Waals surface area contributed by atoms with Crippen LogP contribution < -0.4 is 4.90 Å². The van der Waals surface area contributed by atoms with E-state index in [0.29, 0.717) is 5.92 Å². The number of hydrogen-bond donors (Lipinski definition) is 1. The zero-order chi connectivity index (χ0) is 10.7. The second-order valence-corrected chi connectivity index (χ2v) is 4.43. The lowest BCUT2D eigenvalue weighted by Crippen LogP contribution is -2.22. The Balaban J connectivity index is 2.71. The van der Waals surface area contributed by atoms with E-state index in [0.717, 1.165) is 11.7 Å². The second-order valence-electron chi connectivity index (χ2n) is 3.59. The second kappa shape index (κ2) is 4.41. The van der Waals surface area contributed by atoms with E-state index in [1.807, 2.05) is 11.9 Å². The van der Waals surface area contributed by atoms with Crippen LogP contribution in [-0.4, -0.2) is 29.7 Å². The zero-order valence-electron chi connectivity index (χ0n) is 8.52. The van der Waals surface area contributed by atoms with E-state index in [9.17, 15) is 4.79 Å². The molecule has 0 aliphatic rings. The maximum atomic E-state index is 10.6. The topological polar surface area (TPSA) is 53.4 Å². The van der Waals surface area contributed by atoms with Crippen molar-refractivity contribution < 1.29 is 9.90 Å². The third kappa shape index (κ3) is 2.70. The van der Waals surface area contributed by atoms with Crippen molar-refractivity contribution in [1.82, 2.24) is 4.98 Å². The molecule has 5 heteroatoms. The molecule has 0 aliphatic heterocycles. The molecular formula is C9H14N2O2S. The van der Waals surface area contributed by atoms with Crippen molar-refractivity contribution in [3.05, 3.63) is 11.1 Å². The van der Waals surface area contributed by atoms with E-state index in [1.165, 1.54) is 11.3 Å². The number of aromatic nitrogens is 1. The standard InChI is InChI=1S/C9H14N2O2S/c1-6(2)4-11(3)9-10-7(5-14-9)8(12)13/h5-6H,4H2,1-3H3,(H,12,13). The zero-order valence-corrected chi connectivity index (χ0v) is 9.34. The van der Waals surface area contributed by atoms with Crippen LogP contribution in [0.1, 0.15) is 24.3 Å². The summed E-state index contributed by atoms with van der Waals surface area (Å²) in [5.41, 5.74) is 0.126. The molecule has 1 rings (SSSR count). The van der Waals surface area contributed by atoms with E-state index in [-0.39, 0.29) is 5.69 Å². The SMILES string of the molecule is CC(C)CN(C)c1nc(C(=O)O)cs1. The number of nitrogens with zero attached hydrogens (tertiary/aromatic N) is 2. The molecule has 0 spiro atoms. The molecule has 0 amide bonds. The molecule has 14 heavy (non-hydrogen) atoms. The van der Waals surface area contributed by atoms with Crippen molar-refractivity contribution in [2.45, 2.75) is 13.8 Å². The van der Waals surface area contributed by atoms with Crippen LogP contribution in [0.3, 0.4) is 0 Å². The predicted molar refractivity (Wildman–Crippen MR) is 57.2 cm³/mol. The fourth-order valence-electron chi connectivity index (χ4n) is 1.16. The average molecular weight is 214 g/mol. The Morgan fingerprint density at radius 1 is 1.71 bits per heavy atom. The number of hydrogen-bond acceptors (Lipinski definition) is 4. The number of thiazole rings is 1. The smallest absolute Gasteiger partial charge is 0.355 e. The van der Waals surface area contributed by atoms with Crippen LogP contribution in [0.4, 0.5) is 5.13 Å². The monoisotopic (exact) mass is 214 g/mol. The van der Waals surface area contributed by atoms with Crippen molar-refractivity contribution in [3.8, 4) is 0 Å². The predicted octanol–water partition coefficient (Wildman–Crippen LogP) is 1.93. The highest BCUT2D eigenvalue weighted by Crippen LogP contribution is 2.19. The lowest BCUT2D eigenvalue weighted by molar-refractivity contribution is 0.0691. The fraction of sp³-hybridized carbons (Fsp3) is 0.556. The highest BCUT2D eigenvalue weighted by molar-refractivity contribution is 7.13. The van der Waals surface area contributed by atoms with Gasteiger partial charge in [-0.15, -0.1) is 11.3 Å². The third-order valence-electron chi connectivity index (χ3n) is 1.68. The van der Waals surface area contributed by atoms with Gasteiger partial charge >= 0.3 is 5.97 Å². The van der Waals surface area contributed by atoms with Crippen LogP contribution in [0.15, 0.2) is 5.38 Å². The quantitative estimate of drug-likeness (QED) is 0.832. The van der Waals surface area contributed by atoms with E-state index in [4.69, 9.17) is 5.11 Å². The summed E-state index contributed by atoms with van der Waals surface area (Å²) in [6, 6.07) is 0. The number of anilines is 1. The maximum absolute atomic E-state index is 10.6. The van der Waals surface area contributed by atoms with Crippen LogP contribution in [0.25, 0.3) is 0 Å². The highest BCUT2D eigenvalue weighted by Gasteiger charge is 2.11. The van der Waals surface area contributed by atoms with E-state index < -0.39 is 5.97 Å². The average Bonchev–Trinajstić information content (AvgIpc) is 2.50. The van der Waals surface area contributed by atoms with Crippen LogP contribution in [0.5, 0.6) is 0 Å². The van der Waals surface area contributed by atoms with Gasteiger partial charge in [0.15, 0.2) is 10.8 Å². The lowest BCUT2D eigenvalue weighted by atomic mass is 10.2. The van der Waals surface area contributed by atoms with Crippen LogP contribution in [0, 0.1) is 5.92 Å². The van der Waals surface area contributed by atoms with Crippen molar-refractivity contribution in [1.29, 1.82) is 0 Å². The molecule has 0 saturated carbocycles. The molecule has 0 fully saturated rings. The fourth-order valence-corrected chi connectivity index (χ4v) is 1.94. The largest absolute Gasteiger partial charge is 0.476 e. The molecule has 0 bridgehead atoms. The van der Waals surface area contributed by atoms with E-state index in [2.05, 4.69) is 18.8 Å². The molecular weight excluding hydrogens is 200 g/mol. The van der Waals surface area contributed by atoms with Gasteiger partial charge in [0.25, 0.3) is 0 Å². The van der Waals surface area contributed by atoms with Gasteiger partial charge in [0, 0.05) is 19.0 Å². The summed E-state index contributed by atoms with van der Waals surface area (Å²) in [5.74, 6) is -0.428. The summed E-state index contributed by atoms with van der Waals surface area (Å²) in [4.78, 5) is 16.6. The van der Waals surface area contributed by atoms with Crippen molar-refractivity contribution >= 4 is 22.4 Å². The molecule has 78 valence electrons. The molecule has 0 aliphatic carbocycles. The molecule has 1 N–H and O–H groups in total. The third-order valence-corrected chi connectivity index (χ3v) is 2.63. The van der Waals surface area contributed by atoms with Gasteiger partial charge in [0.05, 0.1) is 0 Å². The Bertz CT molecular complexity index is 322. The van der Waals surface area contributed by atoms with Crippen molar-refractivity contribution in [2.75, 3.05) is 18.5 Å². The minimum Gasteiger partial charge on any atom is -0.476 e. The van der Waals surface area contributed by atoms with Gasteiger partial charge in [-0.05, 0) is 5.92 Å². The Morgan fingerprint density at radius 2 is 2.36 bits per heavy atom. The highest BCUT2D eigenvalue weighted by atomic mass is 32.1. The van der Waals surface area contributed by atoms with Gasteiger partial charge in [-0.3, -0.25) is 0 Å². The summed E-state index contributed by atoms with van der Waals surface area (Å²) in [6.45, 7) is 5.11. The minimum atomic E-state index is -0.967. The minimum absolute atomic E-state index is 0.126. The normalized spacial score (nSPS) is 10.6. The molecule has 1 aromatic heterocycles. The summed E-state index contributed by atoms with van der Waals surface area (Å²) in [7, 11) is 1.92. The number of aromatic carboxylic acids is 1. The molecule has 0 atom stereocenters. The summed E-state index contributed by atoms with van der Waals surface area (Å²) < 4.78 is 0. The Labute approximate surface area is 87.2 Å². The molecule has 0 aromatic carbocycles. The first kappa shape index (κ1) is 11.0. The van der Waals surface area contributed by atoms with Gasteiger partial charge in [0.2, 0.25) is 0 Å². The van der Waals surface area contributed by atoms with Gasteiger partial charge in [0.1, 0.15) is 0 Å². The van der Waals surface area contributed by atoms with Crippen molar-refractivity contribution in [3.63, 3.8) is 0 Å². The molecule has 1 aromatic rings. The van der Waals surface area contributed by atoms with Crippen LogP contribution in [-0.2, 0) is 0 Å². The van der Waals surface area contributed by atoms with Gasteiger partial charge in [-0.25, -0.2) is 9.78 Å². The van der Waals surface area contributed by atoms with Crippen LogP contribution >= 0.6 is 11.3 Å². The van der Waals surface area contributed by atoms with Crippen LogP contribution in [0.2, 0.25) is 0 Å². The van der Waals surface area contributed by atoms with E-state index in [1.54, 1.807) is 5.38 Å². The van der Waals surface area contributed by atoms with E-state index >= 15 is 0 Å². The van der Waals surface area contributed by atoms with Gasteiger partial charge in [-0.2, -0.15) is 0 Å². The molecule has 0 saturated heterocycles. The summed E-state index contributed by atoms with van der Waals surface area (Å²) in [5, 5.41) is 11.0. The lowest BCUT2D eigenvalue weighted by Gasteiger charge is -2.17. The Hall–Kier alpha value is -1.10. The first-order valence-corrected chi connectivity index (χ1v) is 5.28. The number of rotatable bonds is 4. The summed E-state index contributed by atoms with van der Waals surface area (Å²) in [6.07, 6.45) is 0. The molecule has 4 nitrogen and oxygen atoms in total. The maximum Gasteiger partial charge on any atom is 0.355 e.